The number of fused-ring (bicyclic) bond motifs is 1. The molecular weight excluding hydrogens is 713 g/mol. The number of hydrogen-bond donors (Lipinski definition) is 2. The number of hydrogen-bond acceptors (Lipinski definition) is 13. The third-order valence-electron chi connectivity index (χ3n) is 7.59. The minimum absolute atomic E-state index is 0. The van der Waals surface area contributed by atoms with Crippen molar-refractivity contribution in [2.75, 3.05) is 20.0 Å². The smallest absolute Gasteiger partial charge is 0.227 e. The minimum atomic E-state index is 0. The van der Waals surface area contributed by atoms with Crippen LogP contribution < -0.4 is 24.7 Å². The highest BCUT2D eigenvalue weighted by atomic mass is 16.5. The van der Waals surface area contributed by atoms with Gasteiger partial charge in [-0.25, -0.2) is 4.98 Å². The molecular formula is C43H38N6O7. The molecule has 0 atom stereocenters. The van der Waals surface area contributed by atoms with Crippen LogP contribution in [0.5, 0.6) is 28.7 Å². The third-order valence-corrected chi connectivity index (χ3v) is 7.59. The van der Waals surface area contributed by atoms with E-state index in [1.807, 2.05) is 54.6 Å². The first-order valence-corrected chi connectivity index (χ1v) is 16.5. The number of anilines is 1. The number of aromatic nitrogens is 3. The maximum Gasteiger partial charge on any atom is 0.227 e. The second-order valence-electron chi connectivity index (χ2n) is 11.4. The Labute approximate surface area is 323 Å². The molecule has 0 amide bonds. The maximum atomic E-state index is 10.2. The Morgan fingerprint density at radius 2 is 1.30 bits per heavy atom. The number of nitriles is 2. The number of rotatable bonds is 10. The van der Waals surface area contributed by atoms with Crippen molar-refractivity contribution in [3.8, 4) is 52.3 Å². The highest BCUT2D eigenvalue weighted by Crippen LogP contribution is 2.28. The van der Waals surface area contributed by atoms with E-state index < -0.39 is 0 Å². The van der Waals surface area contributed by atoms with E-state index in [0.29, 0.717) is 69.9 Å². The van der Waals surface area contributed by atoms with E-state index in [1.54, 1.807) is 81.2 Å². The largest absolute Gasteiger partial charge is 0.506 e. The first kappa shape index (κ1) is 40.9. The van der Waals surface area contributed by atoms with Crippen molar-refractivity contribution in [1.82, 2.24) is 15.0 Å². The van der Waals surface area contributed by atoms with Crippen LogP contribution in [0.1, 0.15) is 40.3 Å². The van der Waals surface area contributed by atoms with E-state index in [2.05, 4.69) is 21.0 Å². The van der Waals surface area contributed by atoms with Gasteiger partial charge in [-0.1, -0.05) is 25.6 Å². The van der Waals surface area contributed by atoms with E-state index in [1.165, 1.54) is 6.07 Å². The normalized spacial score (nSPS) is 9.79. The van der Waals surface area contributed by atoms with Crippen LogP contribution in [-0.4, -0.2) is 40.6 Å². The van der Waals surface area contributed by atoms with E-state index in [4.69, 9.17) is 39.6 Å². The van der Waals surface area contributed by atoms with Crippen LogP contribution in [0.4, 0.5) is 5.69 Å². The van der Waals surface area contributed by atoms with Crippen molar-refractivity contribution < 1.29 is 33.3 Å². The van der Waals surface area contributed by atoms with Gasteiger partial charge in [0.1, 0.15) is 53.8 Å². The van der Waals surface area contributed by atoms with Gasteiger partial charge in [-0.15, -0.1) is 0 Å². The second kappa shape index (κ2) is 20.4. The maximum absolute atomic E-state index is 10.2. The predicted molar refractivity (Wildman–Crippen MR) is 210 cm³/mol. The number of carbonyl (C=O) groups is 1. The fourth-order valence-electron chi connectivity index (χ4n) is 4.69. The van der Waals surface area contributed by atoms with Crippen molar-refractivity contribution >= 4 is 23.1 Å². The Hall–Kier alpha value is -7.90. The van der Waals surface area contributed by atoms with Gasteiger partial charge in [-0.3, -0.25) is 14.8 Å². The number of nitrogens with zero attached hydrogens (tertiary/aromatic N) is 5. The number of pyridine rings is 2. The lowest BCUT2D eigenvalue weighted by molar-refractivity contribution is 0.112. The number of ether oxygens (including phenoxy) is 4. The van der Waals surface area contributed by atoms with Crippen LogP contribution in [0.2, 0.25) is 0 Å². The zero-order chi connectivity index (χ0) is 39.0. The molecule has 13 nitrogen and oxygen atoms in total. The summed E-state index contributed by atoms with van der Waals surface area (Å²) in [7, 11) is 3.19. The van der Waals surface area contributed by atoms with Gasteiger partial charge < -0.3 is 34.2 Å². The summed E-state index contributed by atoms with van der Waals surface area (Å²) in [5.41, 5.74) is 11.2. The van der Waals surface area contributed by atoms with Gasteiger partial charge in [0.25, 0.3) is 0 Å². The Bertz CT molecular complexity index is 2440. The minimum Gasteiger partial charge on any atom is -0.506 e. The fraction of sp³-hybridized carbons (Fsp3) is 0.116. The van der Waals surface area contributed by atoms with Gasteiger partial charge >= 0.3 is 0 Å². The summed E-state index contributed by atoms with van der Waals surface area (Å²) in [6, 6.07) is 35.3. The number of oxazole rings is 1. The summed E-state index contributed by atoms with van der Waals surface area (Å²) in [6.07, 6.45) is 4.01. The van der Waals surface area contributed by atoms with Crippen LogP contribution in [0.15, 0.2) is 126 Å². The molecule has 0 saturated heterocycles. The third kappa shape index (κ3) is 11.6. The van der Waals surface area contributed by atoms with Gasteiger partial charge in [0.2, 0.25) is 5.89 Å². The molecule has 0 bridgehead atoms. The average Bonchev–Trinajstić information content (AvgIpc) is 3.68. The number of benzene rings is 4. The van der Waals surface area contributed by atoms with E-state index >= 15 is 0 Å². The summed E-state index contributed by atoms with van der Waals surface area (Å²) < 4.78 is 27.2. The molecule has 0 aliphatic carbocycles. The van der Waals surface area contributed by atoms with Crippen LogP contribution in [-0.2, 0) is 13.2 Å². The lowest BCUT2D eigenvalue weighted by atomic mass is 10.1. The molecule has 0 radical (unpaired) electrons. The highest BCUT2D eigenvalue weighted by Gasteiger charge is 2.10. The van der Waals surface area contributed by atoms with Crippen LogP contribution >= 0.6 is 0 Å². The first-order valence-electron chi connectivity index (χ1n) is 16.5. The Morgan fingerprint density at radius 3 is 1.86 bits per heavy atom. The number of nitrogens with two attached hydrogens (primary N) is 1. The second-order valence-corrected chi connectivity index (χ2v) is 11.4. The molecule has 7 aromatic rings. The summed E-state index contributed by atoms with van der Waals surface area (Å²) >= 11 is 0. The lowest BCUT2D eigenvalue weighted by Gasteiger charge is -2.07. The van der Waals surface area contributed by atoms with Crippen LogP contribution in [0, 0.1) is 22.7 Å². The topological polar surface area (TPSA) is 200 Å². The number of methoxy groups -OCH3 is 2. The summed E-state index contributed by atoms with van der Waals surface area (Å²) in [5, 5.41) is 26.7. The van der Waals surface area contributed by atoms with Gasteiger partial charge in [0.15, 0.2) is 5.58 Å². The number of carbonyl (C=O) groups excluding carboxylic acids is 1. The van der Waals surface area contributed by atoms with Crippen molar-refractivity contribution in [2.24, 2.45) is 0 Å². The summed E-state index contributed by atoms with van der Waals surface area (Å²) in [4.78, 5) is 23.1. The van der Waals surface area contributed by atoms with E-state index in [9.17, 15) is 9.90 Å². The monoisotopic (exact) mass is 750 g/mol. The van der Waals surface area contributed by atoms with Gasteiger partial charge in [0.05, 0.1) is 67.0 Å². The molecule has 3 heterocycles. The lowest BCUT2D eigenvalue weighted by Crippen LogP contribution is -1.99. The Balaban J connectivity index is 0.000000207. The molecule has 0 saturated carbocycles. The van der Waals surface area contributed by atoms with Crippen molar-refractivity contribution in [3.63, 3.8) is 0 Å². The highest BCUT2D eigenvalue weighted by molar-refractivity contribution is 5.78. The number of aromatic hydroxyl groups is 1. The quantitative estimate of drug-likeness (QED) is 0.0769. The molecule has 13 heteroatoms. The van der Waals surface area contributed by atoms with Crippen molar-refractivity contribution in [3.05, 3.63) is 150 Å². The molecule has 0 spiro atoms. The molecule has 282 valence electrons. The van der Waals surface area contributed by atoms with Crippen molar-refractivity contribution in [1.29, 1.82) is 10.5 Å². The summed E-state index contributed by atoms with van der Waals surface area (Å²) in [5.74, 6) is 3.18. The molecule has 7 rings (SSSR count). The molecule has 0 fully saturated rings. The molecule has 4 aromatic carbocycles. The van der Waals surface area contributed by atoms with Crippen LogP contribution in [0.3, 0.4) is 0 Å². The predicted octanol–water partition coefficient (Wildman–Crippen LogP) is 8.31. The van der Waals surface area contributed by atoms with E-state index in [-0.39, 0.29) is 18.9 Å². The fourth-order valence-corrected chi connectivity index (χ4v) is 4.69. The zero-order valence-corrected chi connectivity index (χ0v) is 29.7. The molecule has 56 heavy (non-hydrogen) atoms. The van der Waals surface area contributed by atoms with E-state index in [0.717, 1.165) is 23.2 Å². The molecule has 3 aromatic heterocycles. The SMILES string of the molecule is C.COc1ccc(COc2ccc(O)c(N)c2)nc1.COc1ccc(COc2ccc3oc(-c4cccc(C#N)c4)nc3c2)nc1.N#Cc1cccc(C=O)c1. The Morgan fingerprint density at radius 1 is 0.732 bits per heavy atom. The van der Waals surface area contributed by atoms with Gasteiger partial charge in [-0.2, -0.15) is 10.5 Å². The zero-order valence-electron chi connectivity index (χ0n) is 29.7. The number of phenolic OH excluding ortho intramolecular Hbond substituents is 1. The van der Waals surface area contributed by atoms with Crippen molar-refractivity contribution in [2.45, 2.75) is 20.6 Å². The van der Waals surface area contributed by atoms with Gasteiger partial charge in [0, 0.05) is 23.3 Å². The summed E-state index contributed by atoms with van der Waals surface area (Å²) in [6.45, 7) is 0.665. The van der Waals surface area contributed by atoms with Crippen LogP contribution in [0.25, 0.3) is 22.6 Å². The molecule has 0 aliphatic heterocycles. The first-order chi connectivity index (χ1) is 26.8. The van der Waals surface area contributed by atoms with Gasteiger partial charge in [-0.05, 0) is 78.9 Å². The molecule has 0 unspecified atom stereocenters. The number of phenols is 1. The standard InChI is InChI=1S/C21H15N3O3.C13H14N2O3.C8H5NO.CH4/c1-25-18-6-5-16(23-12-18)13-26-17-7-8-20-19(10-17)24-21(27-20)15-4-2-3-14(9-15)11-22;1-17-11-3-2-9(15-7-11)8-18-10-4-5-13(16)12(14)6-10;9-5-7-2-1-3-8(4-7)6-10;/h2-10,12H,13H2,1H3;2-7,16H,8,14H2,1H3;1-4,6H;1H4. The molecule has 3 N–H and O–H groups in total. The number of nitrogen functional groups attached to an aromatic ring is 1. The molecule has 0 aliphatic rings. The number of aldehydes is 1. The Kier molecular flexibility index (Phi) is 14.9. The average molecular weight is 751 g/mol.